The average Bonchev–Trinajstić information content (AvgIpc) is 2.22. The first-order chi connectivity index (χ1) is 7.96. The molecule has 1 rings (SSSR count). The lowest BCUT2D eigenvalue weighted by molar-refractivity contribution is -0.140. The highest BCUT2D eigenvalue weighted by molar-refractivity contribution is 5.43. The van der Waals surface area contributed by atoms with Crippen molar-refractivity contribution >= 4 is 0 Å². The van der Waals surface area contributed by atoms with Gasteiger partial charge in [-0.3, -0.25) is 0 Å². The molecule has 5 heteroatoms. The normalized spacial score (nSPS) is 10.9. The fourth-order valence-corrected chi connectivity index (χ4v) is 1.26. The zero-order valence-electron chi connectivity index (χ0n) is 9.16. The van der Waals surface area contributed by atoms with Crippen LogP contribution in [0.5, 0.6) is 0 Å². The van der Waals surface area contributed by atoms with Gasteiger partial charge in [0.05, 0.1) is 0 Å². The van der Waals surface area contributed by atoms with E-state index in [4.69, 9.17) is 0 Å². The molecule has 0 fully saturated rings. The summed E-state index contributed by atoms with van der Waals surface area (Å²) in [5, 5.41) is 2.81. The van der Waals surface area contributed by atoms with Gasteiger partial charge in [-0.15, -0.1) is 0 Å². The van der Waals surface area contributed by atoms with E-state index in [0.717, 1.165) is 12.1 Å². The largest absolute Gasteiger partial charge is 0.420 e. The molecule has 1 aromatic carbocycles. The molecule has 0 aliphatic carbocycles. The quantitative estimate of drug-likeness (QED) is 0.480. The zero-order valence-corrected chi connectivity index (χ0v) is 9.16. The van der Waals surface area contributed by atoms with Crippen molar-refractivity contribution in [3.63, 3.8) is 0 Å². The van der Waals surface area contributed by atoms with Gasteiger partial charge < -0.3 is 5.32 Å². The first-order valence-electron chi connectivity index (χ1n) is 4.96. The summed E-state index contributed by atoms with van der Waals surface area (Å²) in [4.78, 5) is 0. The van der Waals surface area contributed by atoms with Crippen LogP contribution in [-0.2, 0) is 6.18 Å². The van der Waals surface area contributed by atoms with Crippen LogP contribution < -0.4 is 5.32 Å². The van der Waals surface area contributed by atoms with Gasteiger partial charge in [0.15, 0.2) is 0 Å². The van der Waals surface area contributed by atoms with Crippen LogP contribution in [0.1, 0.15) is 17.5 Å². The molecular weight excluding hydrogens is 234 g/mol. The van der Waals surface area contributed by atoms with Crippen LogP contribution in [0.4, 0.5) is 17.6 Å². The minimum atomic E-state index is -4.72. The second-order valence-electron chi connectivity index (χ2n) is 3.32. The van der Waals surface area contributed by atoms with E-state index in [2.05, 4.69) is 17.2 Å². The summed E-state index contributed by atoms with van der Waals surface area (Å²) in [6.07, 6.45) is -4.32. The van der Waals surface area contributed by atoms with Gasteiger partial charge in [-0.1, -0.05) is 17.9 Å². The van der Waals surface area contributed by atoms with Crippen LogP contribution >= 0.6 is 0 Å². The lowest BCUT2D eigenvalue weighted by atomic mass is 10.1. The van der Waals surface area contributed by atoms with Crippen LogP contribution in [0.2, 0.25) is 0 Å². The molecule has 0 aromatic heterocycles. The van der Waals surface area contributed by atoms with E-state index < -0.39 is 17.6 Å². The van der Waals surface area contributed by atoms with Crippen LogP contribution in [0.25, 0.3) is 0 Å². The molecule has 0 heterocycles. The van der Waals surface area contributed by atoms with Gasteiger partial charge in [0, 0.05) is 18.5 Å². The Kier molecular flexibility index (Phi) is 4.53. The van der Waals surface area contributed by atoms with E-state index >= 15 is 0 Å². The number of hydrogen-bond donors (Lipinski definition) is 1. The van der Waals surface area contributed by atoms with Crippen molar-refractivity contribution in [2.75, 3.05) is 13.6 Å². The number of nitrogens with one attached hydrogen (secondary N) is 1. The highest BCUT2D eigenvalue weighted by atomic mass is 19.4. The molecule has 0 radical (unpaired) electrons. The third-order valence-electron chi connectivity index (χ3n) is 2.02. The highest BCUT2D eigenvalue weighted by Crippen LogP contribution is 2.33. The molecular formula is C12H11F4N. The average molecular weight is 245 g/mol. The fourth-order valence-electron chi connectivity index (χ4n) is 1.26. The topological polar surface area (TPSA) is 12.0 Å². The van der Waals surface area contributed by atoms with Crippen molar-refractivity contribution in [2.24, 2.45) is 0 Å². The van der Waals surface area contributed by atoms with Crippen molar-refractivity contribution < 1.29 is 17.6 Å². The monoisotopic (exact) mass is 245 g/mol. The lowest BCUT2D eigenvalue weighted by Gasteiger charge is -2.09. The Bertz CT molecular complexity index is 440. The number of benzene rings is 1. The number of halogens is 4. The Morgan fingerprint density at radius 3 is 2.59 bits per heavy atom. The smallest absolute Gasteiger partial charge is 0.319 e. The van der Waals surface area contributed by atoms with Gasteiger partial charge in [0.25, 0.3) is 0 Å². The van der Waals surface area contributed by atoms with Crippen molar-refractivity contribution in [1.82, 2.24) is 5.32 Å². The van der Waals surface area contributed by atoms with Gasteiger partial charge in [0.2, 0.25) is 0 Å². The molecule has 17 heavy (non-hydrogen) atoms. The van der Waals surface area contributed by atoms with Gasteiger partial charge in [0.1, 0.15) is 11.4 Å². The Balaban J connectivity index is 3.06. The van der Waals surface area contributed by atoms with Crippen LogP contribution in [0.15, 0.2) is 18.2 Å². The minimum Gasteiger partial charge on any atom is -0.319 e. The predicted octanol–water partition coefficient (Wildman–Crippen LogP) is 2.81. The minimum absolute atomic E-state index is 0.325. The summed E-state index contributed by atoms with van der Waals surface area (Å²) in [6, 6.07) is 3.16. The summed E-state index contributed by atoms with van der Waals surface area (Å²) in [5.41, 5.74) is -1.62. The van der Waals surface area contributed by atoms with Crippen molar-refractivity contribution in [1.29, 1.82) is 0 Å². The molecule has 0 aliphatic rings. The van der Waals surface area contributed by atoms with E-state index in [1.807, 2.05) is 0 Å². The van der Waals surface area contributed by atoms with E-state index in [0.29, 0.717) is 13.0 Å². The first-order valence-corrected chi connectivity index (χ1v) is 4.96. The van der Waals surface area contributed by atoms with Crippen LogP contribution in [-0.4, -0.2) is 13.6 Å². The molecule has 1 nitrogen and oxygen atoms in total. The van der Waals surface area contributed by atoms with Crippen molar-refractivity contribution in [3.05, 3.63) is 35.1 Å². The SMILES string of the molecule is CNCCC#Cc1cccc(F)c1C(F)(F)F. The fraction of sp³-hybridized carbons (Fsp3) is 0.333. The molecule has 0 bridgehead atoms. The molecule has 1 aromatic rings. The molecule has 0 aliphatic heterocycles. The van der Waals surface area contributed by atoms with E-state index in [9.17, 15) is 17.6 Å². The number of rotatable bonds is 2. The standard InChI is InChI=1S/C12H11F4N/c1-17-8-3-2-5-9-6-4-7-10(13)11(9)12(14,15)16/h4,6-7,17H,3,8H2,1H3. The van der Waals surface area contributed by atoms with Gasteiger partial charge in [-0.2, -0.15) is 13.2 Å². The molecule has 0 unspecified atom stereocenters. The zero-order chi connectivity index (χ0) is 12.9. The Hall–Kier alpha value is -1.54. The molecule has 0 saturated carbocycles. The second kappa shape index (κ2) is 5.69. The van der Waals surface area contributed by atoms with Crippen molar-refractivity contribution in [2.45, 2.75) is 12.6 Å². The molecule has 0 amide bonds. The summed E-state index contributed by atoms with van der Waals surface area (Å²) in [5.74, 6) is 3.61. The molecule has 0 saturated heterocycles. The molecule has 92 valence electrons. The van der Waals surface area contributed by atoms with E-state index in [-0.39, 0.29) is 5.56 Å². The maximum Gasteiger partial charge on any atom is 0.420 e. The maximum atomic E-state index is 13.1. The summed E-state index contributed by atoms with van der Waals surface area (Å²) >= 11 is 0. The third kappa shape index (κ3) is 3.75. The molecule has 0 spiro atoms. The maximum absolute atomic E-state index is 13.1. The number of alkyl halides is 3. The second-order valence-corrected chi connectivity index (χ2v) is 3.32. The summed E-state index contributed by atoms with van der Waals surface area (Å²) in [7, 11) is 1.71. The van der Waals surface area contributed by atoms with E-state index in [1.165, 1.54) is 6.07 Å². The van der Waals surface area contributed by atoms with Gasteiger partial charge in [-0.25, -0.2) is 4.39 Å². The summed E-state index contributed by atoms with van der Waals surface area (Å²) in [6.45, 7) is 0.573. The third-order valence-corrected chi connectivity index (χ3v) is 2.02. The lowest BCUT2D eigenvalue weighted by Crippen LogP contribution is -2.11. The van der Waals surface area contributed by atoms with Crippen LogP contribution in [0, 0.1) is 17.7 Å². The van der Waals surface area contributed by atoms with Crippen LogP contribution in [0.3, 0.4) is 0 Å². The Morgan fingerprint density at radius 1 is 1.29 bits per heavy atom. The van der Waals surface area contributed by atoms with E-state index in [1.54, 1.807) is 7.05 Å². The Labute approximate surface area is 96.8 Å². The Morgan fingerprint density at radius 2 is 2.00 bits per heavy atom. The first kappa shape index (κ1) is 13.5. The highest BCUT2D eigenvalue weighted by Gasteiger charge is 2.36. The van der Waals surface area contributed by atoms with Gasteiger partial charge >= 0.3 is 6.18 Å². The number of hydrogen-bond acceptors (Lipinski definition) is 1. The van der Waals surface area contributed by atoms with Gasteiger partial charge in [-0.05, 0) is 19.2 Å². The molecule has 1 N–H and O–H groups in total. The summed E-state index contributed by atoms with van der Waals surface area (Å²) < 4.78 is 50.8. The molecule has 0 atom stereocenters. The van der Waals surface area contributed by atoms with Crippen molar-refractivity contribution in [3.8, 4) is 11.8 Å². The predicted molar refractivity (Wildman–Crippen MR) is 56.8 cm³/mol.